The lowest BCUT2D eigenvalue weighted by Gasteiger charge is -2.06. The van der Waals surface area contributed by atoms with Crippen LogP contribution in [0.1, 0.15) is 22.8 Å². The fraction of sp³-hybridized carbons (Fsp3) is 0. The number of aromatic amines is 2. The average molecular weight is 617 g/mol. The van der Waals surface area contributed by atoms with Gasteiger partial charge < -0.3 is 9.97 Å². The van der Waals surface area contributed by atoms with E-state index in [1.807, 2.05) is 61.2 Å². The van der Waals surface area contributed by atoms with Crippen LogP contribution in [0.5, 0.6) is 0 Å². The molecule has 2 aromatic carbocycles. The zero-order valence-electron chi connectivity index (χ0n) is 25.8. The molecule has 7 heterocycles. The van der Waals surface area contributed by atoms with E-state index in [-0.39, 0.29) is 0 Å². The van der Waals surface area contributed by atoms with Gasteiger partial charge in [-0.05, 0) is 95.1 Å². The molecule has 6 nitrogen and oxygen atoms in total. The Kier molecular flexibility index (Phi) is 6.68. The molecule has 0 aliphatic carbocycles. The lowest BCUT2D eigenvalue weighted by Crippen LogP contribution is -1.89. The summed E-state index contributed by atoms with van der Waals surface area (Å²) in [6, 6.07) is 37.6. The molecule has 0 amide bonds. The zero-order valence-corrected chi connectivity index (χ0v) is 25.8. The van der Waals surface area contributed by atoms with Crippen molar-refractivity contribution >= 4 is 46.4 Å². The first-order valence-corrected chi connectivity index (χ1v) is 15.9. The Bertz CT molecular complexity index is 2180. The monoisotopic (exact) mass is 616 g/mol. The van der Waals surface area contributed by atoms with Gasteiger partial charge in [-0.3, -0.25) is 9.97 Å². The first-order valence-electron chi connectivity index (χ1n) is 15.9. The summed E-state index contributed by atoms with van der Waals surface area (Å²) < 4.78 is 0. The second-order valence-corrected chi connectivity index (χ2v) is 11.7. The van der Waals surface area contributed by atoms with Gasteiger partial charge in [0, 0.05) is 69.1 Å². The number of hydrogen-bond acceptors (Lipinski definition) is 4. The molecule has 0 atom stereocenters. The topological polar surface area (TPSA) is 83.1 Å². The Labute approximate surface area is 276 Å². The number of fused-ring (bicyclic) bond motifs is 8. The molecular weight excluding hydrogens is 589 g/mol. The first kappa shape index (κ1) is 27.6. The third-order valence-electron chi connectivity index (χ3n) is 8.82. The highest BCUT2D eigenvalue weighted by Crippen LogP contribution is 2.38. The van der Waals surface area contributed by atoms with Crippen molar-refractivity contribution in [1.82, 2.24) is 29.9 Å². The maximum atomic E-state index is 5.32. The Balaban J connectivity index is 1.49. The Morgan fingerprint density at radius 2 is 0.604 bits per heavy atom. The van der Waals surface area contributed by atoms with Crippen LogP contribution >= 0.6 is 0 Å². The van der Waals surface area contributed by atoms with Gasteiger partial charge in [0.1, 0.15) is 0 Å². The van der Waals surface area contributed by atoms with E-state index >= 15 is 0 Å². The van der Waals surface area contributed by atoms with Gasteiger partial charge in [0.05, 0.1) is 22.8 Å². The standard InChI is InChI=1S/C42H28N6/c1-3-7-27(8-4-1)39-31-11-12-32(45-31)40(28-9-5-2-6-10-28)34-14-16-36(47-34)42(30-21-25-44-26-22-30)38-18-17-37(48-38)41(29-19-23-43-24-20-29)35-15-13-33(39)46-35/h1-26,45,48H. The van der Waals surface area contributed by atoms with Crippen LogP contribution in [0.2, 0.25) is 0 Å². The van der Waals surface area contributed by atoms with Gasteiger partial charge >= 0.3 is 0 Å². The molecule has 5 aromatic heterocycles. The zero-order chi connectivity index (χ0) is 31.9. The highest BCUT2D eigenvalue weighted by Gasteiger charge is 2.18. The number of nitrogens with zero attached hydrogens (tertiary/aromatic N) is 4. The summed E-state index contributed by atoms with van der Waals surface area (Å²) in [6.07, 6.45) is 15.7. The molecule has 0 unspecified atom stereocenters. The molecule has 226 valence electrons. The van der Waals surface area contributed by atoms with Gasteiger partial charge in [-0.25, -0.2) is 9.97 Å². The molecule has 9 rings (SSSR count). The summed E-state index contributed by atoms with van der Waals surface area (Å²) in [5.74, 6) is 0. The summed E-state index contributed by atoms with van der Waals surface area (Å²) in [7, 11) is 0. The van der Waals surface area contributed by atoms with E-state index in [0.29, 0.717) is 0 Å². The second kappa shape index (κ2) is 11.6. The molecule has 6 heteroatoms. The lowest BCUT2D eigenvalue weighted by atomic mass is 10.0. The summed E-state index contributed by atoms with van der Waals surface area (Å²) in [5, 5.41) is 0. The van der Waals surface area contributed by atoms with Crippen molar-refractivity contribution in [3.8, 4) is 44.5 Å². The third-order valence-corrected chi connectivity index (χ3v) is 8.82. The molecule has 48 heavy (non-hydrogen) atoms. The molecule has 0 radical (unpaired) electrons. The van der Waals surface area contributed by atoms with Crippen molar-refractivity contribution in [1.29, 1.82) is 0 Å². The quantitative estimate of drug-likeness (QED) is 0.206. The number of rotatable bonds is 4. The van der Waals surface area contributed by atoms with Crippen LogP contribution in [0.4, 0.5) is 0 Å². The summed E-state index contributed by atoms with van der Waals surface area (Å²) in [6.45, 7) is 0. The van der Waals surface area contributed by atoms with Crippen molar-refractivity contribution in [3.63, 3.8) is 0 Å². The number of hydrogen-bond donors (Lipinski definition) is 2. The Morgan fingerprint density at radius 3 is 0.917 bits per heavy atom. The van der Waals surface area contributed by atoms with Crippen molar-refractivity contribution in [2.45, 2.75) is 0 Å². The highest BCUT2D eigenvalue weighted by atomic mass is 14.8. The smallest absolute Gasteiger partial charge is 0.0737 e. The average Bonchev–Trinajstić information content (AvgIpc) is 3.98. The molecule has 0 saturated heterocycles. The van der Waals surface area contributed by atoms with E-state index in [4.69, 9.17) is 9.97 Å². The van der Waals surface area contributed by atoms with E-state index in [1.165, 1.54) is 0 Å². The van der Waals surface area contributed by atoms with Crippen molar-refractivity contribution in [3.05, 3.63) is 157 Å². The van der Waals surface area contributed by atoms with Crippen molar-refractivity contribution in [2.75, 3.05) is 0 Å². The number of aromatic nitrogens is 6. The summed E-state index contributed by atoms with van der Waals surface area (Å²) in [5.41, 5.74) is 15.6. The number of H-pyrrole nitrogens is 2. The SMILES string of the molecule is C1=Cc2nc1c(-c1ccccc1)c1ccc([nH]1)c(-c1ccccc1)c1nc(c(-c3ccncc3)c3ccc([nH]3)c2-c2ccncc2)C=C1. The highest BCUT2D eigenvalue weighted by molar-refractivity contribution is 5.99. The molecule has 7 aromatic rings. The number of pyridine rings is 2. The van der Waals surface area contributed by atoms with Crippen LogP contribution in [0, 0.1) is 0 Å². The van der Waals surface area contributed by atoms with E-state index in [0.717, 1.165) is 89.4 Å². The summed E-state index contributed by atoms with van der Waals surface area (Å²) >= 11 is 0. The minimum absolute atomic E-state index is 0.868. The molecule has 2 aliphatic rings. The van der Waals surface area contributed by atoms with E-state index in [9.17, 15) is 0 Å². The van der Waals surface area contributed by atoms with Gasteiger partial charge in [-0.15, -0.1) is 0 Å². The first-order chi connectivity index (χ1) is 23.8. The molecule has 2 aliphatic heterocycles. The molecule has 8 bridgehead atoms. The van der Waals surface area contributed by atoms with Gasteiger partial charge in [-0.2, -0.15) is 0 Å². The number of nitrogens with one attached hydrogen (secondary N) is 2. The normalized spacial score (nSPS) is 12.0. The van der Waals surface area contributed by atoms with E-state index in [2.05, 4.69) is 117 Å². The maximum absolute atomic E-state index is 5.32. The van der Waals surface area contributed by atoms with Crippen LogP contribution in [0.3, 0.4) is 0 Å². The Hall–Kier alpha value is -6.66. The Morgan fingerprint density at radius 1 is 0.312 bits per heavy atom. The molecule has 0 fully saturated rings. The van der Waals surface area contributed by atoms with Gasteiger partial charge in [0.2, 0.25) is 0 Å². The van der Waals surface area contributed by atoms with Gasteiger partial charge in [0.15, 0.2) is 0 Å². The van der Waals surface area contributed by atoms with Crippen molar-refractivity contribution in [2.24, 2.45) is 0 Å². The summed E-state index contributed by atoms with van der Waals surface area (Å²) in [4.78, 5) is 26.8. The van der Waals surface area contributed by atoms with Crippen LogP contribution in [-0.2, 0) is 0 Å². The predicted molar refractivity (Wildman–Crippen MR) is 196 cm³/mol. The third kappa shape index (κ3) is 4.84. The van der Waals surface area contributed by atoms with Crippen LogP contribution in [0.15, 0.2) is 134 Å². The van der Waals surface area contributed by atoms with Crippen LogP contribution < -0.4 is 0 Å². The largest absolute Gasteiger partial charge is 0.354 e. The fourth-order valence-corrected chi connectivity index (χ4v) is 6.67. The molecule has 0 saturated carbocycles. The van der Waals surface area contributed by atoms with Crippen molar-refractivity contribution < 1.29 is 0 Å². The maximum Gasteiger partial charge on any atom is 0.0737 e. The van der Waals surface area contributed by atoms with Crippen LogP contribution in [0.25, 0.3) is 90.9 Å². The second-order valence-electron chi connectivity index (χ2n) is 11.7. The van der Waals surface area contributed by atoms with E-state index in [1.54, 1.807) is 0 Å². The van der Waals surface area contributed by atoms with Crippen LogP contribution in [-0.4, -0.2) is 29.9 Å². The number of benzene rings is 2. The molecular formula is C42H28N6. The predicted octanol–water partition coefficient (Wildman–Crippen LogP) is 10.1. The van der Waals surface area contributed by atoms with E-state index < -0.39 is 0 Å². The molecule has 2 N–H and O–H groups in total. The minimum Gasteiger partial charge on any atom is -0.354 e. The molecule has 0 spiro atoms. The van der Waals surface area contributed by atoms with Gasteiger partial charge in [-0.1, -0.05) is 60.7 Å². The minimum atomic E-state index is 0.868. The fourth-order valence-electron chi connectivity index (χ4n) is 6.67. The van der Waals surface area contributed by atoms with Gasteiger partial charge in [0.25, 0.3) is 0 Å². The lowest BCUT2D eigenvalue weighted by molar-refractivity contribution is 1.29.